The fourth-order valence-electron chi connectivity index (χ4n) is 3.76. The Labute approximate surface area is 124 Å². The Morgan fingerprint density at radius 1 is 0.909 bits per heavy atom. The van der Waals surface area contributed by atoms with Gasteiger partial charge in [-0.3, -0.25) is 19.3 Å². The van der Waals surface area contributed by atoms with Gasteiger partial charge in [-0.2, -0.15) is 8.78 Å². The largest absolute Gasteiger partial charge is 0.312 e. The Morgan fingerprint density at radius 3 is 2.23 bits per heavy atom. The summed E-state index contributed by atoms with van der Waals surface area (Å²) < 4.78 is 28.2. The number of ketones is 1. The van der Waals surface area contributed by atoms with Gasteiger partial charge in [-0.05, 0) is 12.1 Å². The number of amides is 2. The Morgan fingerprint density at radius 2 is 1.55 bits per heavy atom. The second kappa shape index (κ2) is 4.09. The molecule has 1 saturated carbocycles. The highest BCUT2D eigenvalue weighted by Gasteiger charge is 2.69. The lowest BCUT2D eigenvalue weighted by Gasteiger charge is -2.42. The molecule has 6 heteroatoms. The Hall–Kier alpha value is -2.37. The molecule has 2 fully saturated rings. The van der Waals surface area contributed by atoms with Gasteiger partial charge in [0.25, 0.3) is 0 Å². The third-order valence-electron chi connectivity index (χ3n) is 4.76. The smallest absolute Gasteiger partial charge is 0.292 e. The van der Waals surface area contributed by atoms with Crippen molar-refractivity contribution in [3.8, 4) is 0 Å². The molecule has 1 heterocycles. The van der Waals surface area contributed by atoms with Crippen molar-refractivity contribution in [2.75, 3.05) is 4.90 Å². The van der Waals surface area contributed by atoms with Crippen molar-refractivity contribution in [2.45, 2.75) is 5.92 Å². The van der Waals surface area contributed by atoms with Crippen LogP contribution in [0.5, 0.6) is 0 Å². The summed E-state index contributed by atoms with van der Waals surface area (Å²) in [5.74, 6) is -10.9. The number of nitrogens with zero attached hydrogens (tertiary/aromatic N) is 1. The lowest BCUT2D eigenvalue weighted by Crippen LogP contribution is -2.56. The van der Waals surface area contributed by atoms with Gasteiger partial charge in [0.15, 0.2) is 0 Å². The van der Waals surface area contributed by atoms with Gasteiger partial charge in [-0.1, -0.05) is 30.4 Å². The maximum Gasteiger partial charge on any atom is 0.312 e. The SMILES string of the molecule is O=C1C2C3C=CC(C2C(=O)N1c1ccccc1)C(F)(F)C3=O. The van der Waals surface area contributed by atoms with Crippen LogP contribution < -0.4 is 4.90 Å². The van der Waals surface area contributed by atoms with Crippen LogP contribution in [0.25, 0.3) is 0 Å². The first-order valence-electron chi connectivity index (χ1n) is 6.98. The van der Waals surface area contributed by atoms with Crippen molar-refractivity contribution in [1.82, 2.24) is 0 Å². The van der Waals surface area contributed by atoms with Gasteiger partial charge in [0, 0.05) is 0 Å². The molecule has 0 N–H and O–H groups in total. The molecule has 4 aliphatic rings. The summed E-state index contributed by atoms with van der Waals surface area (Å²) in [5.41, 5.74) is 0.349. The minimum absolute atomic E-state index is 0.349. The molecule has 3 aliphatic carbocycles. The molecule has 0 spiro atoms. The molecule has 2 amide bonds. The lowest BCUT2D eigenvalue weighted by molar-refractivity contribution is -0.171. The predicted octanol–water partition coefficient (Wildman–Crippen LogP) is 1.81. The Kier molecular flexibility index (Phi) is 2.47. The van der Waals surface area contributed by atoms with Gasteiger partial charge < -0.3 is 0 Å². The van der Waals surface area contributed by atoms with E-state index in [0.29, 0.717) is 5.69 Å². The molecule has 4 atom stereocenters. The average Bonchev–Trinajstić information content (AvgIpc) is 2.78. The highest BCUT2D eigenvalue weighted by Crippen LogP contribution is 2.54. The number of carbonyl (C=O) groups excluding carboxylic acids is 3. The van der Waals surface area contributed by atoms with E-state index >= 15 is 0 Å². The number of hydrogen-bond acceptors (Lipinski definition) is 3. The van der Waals surface area contributed by atoms with E-state index in [-0.39, 0.29) is 0 Å². The fraction of sp³-hybridized carbons (Fsp3) is 0.312. The number of Topliss-reactive ketones (excluding diaryl/α,β-unsaturated/α-hetero) is 1. The molecule has 2 bridgehead atoms. The average molecular weight is 303 g/mol. The van der Waals surface area contributed by atoms with E-state index in [9.17, 15) is 23.2 Å². The predicted molar refractivity (Wildman–Crippen MR) is 72.0 cm³/mol. The summed E-state index contributed by atoms with van der Waals surface area (Å²) >= 11 is 0. The van der Waals surface area contributed by atoms with Crippen LogP contribution in [0.15, 0.2) is 42.5 Å². The van der Waals surface area contributed by atoms with Gasteiger partial charge >= 0.3 is 5.92 Å². The van der Waals surface area contributed by atoms with Crippen LogP contribution in [0.1, 0.15) is 0 Å². The van der Waals surface area contributed by atoms with E-state index in [1.165, 1.54) is 12.2 Å². The summed E-state index contributed by atoms with van der Waals surface area (Å²) in [6.07, 6.45) is 2.57. The van der Waals surface area contributed by atoms with Crippen LogP contribution >= 0.6 is 0 Å². The summed E-state index contributed by atoms with van der Waals surface area (Å²) in [6.45, 7) is 0. The number of hydrogen-bond donors (Lipinski definition) is 0. The lowest BCUT2D eigenvalue weighted by atomic mass is 9.61. The maximum absolute atomic E-state index is 14.1. The van der Waals surface area contributed by atoms with E-state index in [1.807, 2.05) is 0 Å². The summed E-state index contributed by atoms with van der Waals surface area (Å²) in [6, 6.07) is 8.18. The summed E-state index contributed by atoms with van der Waals surface area (Å²) in [5, 5.41) is 0. The Bertz CT molecular complexity index is 728. The van der Waals surface area contributed by atoms with Crippen molar-refractivity contribution in [2.24, 2.45) is 23.7 Å². The molecule has 4 nitrogen and oxygen atoms in total. The summed E-state index contributed by atoms with van der Waals surface area (Å²) in [4.78, 5) is 37.9. The summed E-state index contributed by atoms with van der Waals surface area (Å²) in [7, 11) is 0. The molecule has 5 rings (SSSR count). The number of para-hydroxylation sites is 1. The standard InChI is InChI=1S/C16H11F2NO3/c17-16(18)10-7-6-9(13(16)20)11-12(10)15(22)19(14(11)21)8-4-2-1-3-5-8/h1-7,9-12H. The second-order valence-electron chi connectivity index (χ2n) is 5.82. The van der Waals surface area contributed by atoms with E-state index in [1.54, 1.807) is 30.3 Å². The number of fused-ring (bicyclic) bond motifs is 1. The van der Waals surface area contributed by atoms with E-state index < -0.39 is 47.2 Å². The third-order valence-corrected chi connectivity index (χ3v) is 4.76. The van der Waals surface area contributed by atoms with Gasteiger partial charge in [0.1, 0.15) is 0 Å². The molecular formula is C16H11F2NO3. The number of rotatable bonds is 1. The van der Waals surface area contributed by atoms with Gasteiger partial charge in [-0.25, -0.2) is 0 Å². The number of imide groups is 1. The quantitative estimate of drug-likeness (QED) is 0.587. The fourth-order valence-corrected chi connectivity index (χ4v) is 3.76. The molecule has 4 unspecified atom stereocenters. The number of halogens is 2. The highest BCUT2D eigenvalue weighted by molar-refractivity contribution is 6.24. The van der Waals surface area contributed by atoms with Gasteiger partial charge in [0.05, 0.1) is 29.4 Å². The van der Waals surface area contributed by atoms with Crippen LogP contribution in [0, 0.1) is 23.7 Å². The number of alkyl halides is 2. The highest BCUT2D eigenvalue weighted by atomic mass is 19.3. The van der Waals surface area contributed by atoms with E-state index in [4.69, 9.17) is 0 Å². The van der Waals surface area contributed by atoms with Crippen LogP contribution in [0.3, 0.4) is 0 Å². The first-order valence-corrected chi connectivity index (χ1v) is 6.98. The van der Waals surface area contributed by atoms with Crippen molar-refractivity contribution in [1.29, 1.82) is 0 Å². The molecule has 1 aliphatic heterocycles. The molecule has 1 aromatic rings. The van der Waals surface area contributed by atoms with Gasteiger partial charge in [0.2, 0.25) is 17.6 Å². The first-order chi connectivity index (χ1) is 10.4. The van der Waals surface area contributed by atoms with Crippen molar-refractivity contribution in [3.63, 3.8) is 0 Å². The zero-order valence-electron chi connectivity index (χ0n) is 11.3. The number of allylic oxidation sites excluding steroid dienone is 2. The maximum atomic E-state index is 14.1. The molecule has 0 radical (unpaired) electrons. The van der Waals surface area contributed by atoms with E-state index in [2.05, 4.69) is 0 Å². The molecule has 1 aromatic carbocycles. The second-order valence-corrected chi connectivity index (χ2v) is 5.82. The van der Waals surface area contributed by atoms with E-state index in [0.717, 1.165) is 4.90 Å². The van der Waals surface area contributed by atoms with Crippen molar-refractivity contribution in [3.05, 3.63) is 42.5 Å². The topological polar surface area (TPSA) is 54.5 Å². The molecule has 22 heavy (non-hydrogen) atoms. The van der Waals surface area contributed by atoms with Crippen molar-refractivity contribution >= 4 is 23.3 Å². The minimum Gasteiger partial charge on any atom is -0.292 e. The Balaban J connectivity index is 1.82. The van der Waals surface area contributed by atoms with Crippen LogP contribution in [-0.4, -0.2) is 23.5 Å². The minimum atomic E-state index is -3.58. The van der Waals surface area contributed by atoms with Crippen LogP contribution in [0.2, 0.25) is 0 Å². The zero-order chi connectivity index (χ0) is 15.6. The number of carbonyl (C=O) groups is 3. The molecule has 1 saturated heterocycles. The number of benzene rings is 1. The monoisotopic (exact) mass is 303 g/mol. The number of anilines is 1. The third kappa shape index (κ3) is 1.42. The van der Waals surface area contributed by atoms with Gasteiger partial charge in [-0.15, -0.1) is 0 Å². The normalized spacial score (nSPS) is 35.2. The van der Waals surface area contributed by atoms with Crippen molar-refractivity contribution < 1.29 is 23.2 Å². The van der Waals surface area contributed by atoms with Crippen LogP contribution in [-0.2, 0) is 14.4 Å². The zero-order valence-corrected chi connectivity index (χ0v) is 11.3. The van der Waals surface area contributed by atoms with Crippen LogP contribution in [0.4, 0.5) is 14.5 Å². The molecule has 0 aromatic heterocycles. The first kappa shape index (κ1) is 13.3. The molecule has 112 valence electrons. The molecular weight excluding hydrogens is 292 g/mol.